The lowest BCUT2D eigenvalue weighted by atomic mass is 10.0. The SMILES string of the molecule is N/N=C(/c1ccccc1)c1ccncc1. The first-order valence-corrected chi connectivity index (χ1v) is 4.65. The molecule has 0 fully saturated rings. The number of nitrogens with two attached hydrogens (primary N) is 1. The molecule has 15 heavy (non-hydrogen) atoms. The van der Waals surface area contributed by atoms with Crippen LogP contribution in [0, 0.1) is 0 Å². The van der Waals surface area contributed by atoms with Crippen molar-refractivity contribution in [3.63, 3.8) is 0 Å². The van der Waals surface area contributed by atoms with Gasteiger partial charge in [-0.15, -0.1) is 0 Å². The normalized spacial score (nSPS) is 11.3. The van der Waals surface area contributed by atoms with Crippen molar-refractivity contribution < 1.29 is 0 Å². The van der Waals surface area contributed by atoms with Crippen molar-refractivity contribution >= 4 is 5.71 Å². The monoisotopic (exact) mass is 197 g/mol. The molecule has 0 atom stereocenters. The summed E-state index contributed by atoms with van der Waals surface area (Å²) in [5.41, 5.74) is 2.75. The molecular weight excluding hydrogens is 186 g/mol. The standard InChI is InChI=1S/C12H11N3/c13-15-12(10-4-2-1-3-5-10)11-6-8-14-9-7-11/h1-9H,13H2/b15-12-. The van der Waals surface area contributed by atoms with Crippen molar-refractivity contribution in [3.05, 3.63) is 66.0 Å². The molecule has 3 nitrogen and oxygen atoms in total. The highest BCUT2D eigenvalue weighted by Crippen LogP contribution is 2.08. The quantitative estimate of drug-likeness (QED) is 0.453. The van der Waals surface area contributed by atoms with Gasteiger partial charge in [0.25, 0.3) is 0 Å². The van der Waals surface area contributed by atoms with Gasteiger partial charge >= 0.3 is 0 Å². The Bertz CT molecular complexity index is 407. The van der Waals surface area contributed by atoms with Gasteiger partial charge in [0, 0.05) is 23.5 Å². The molecule has 3 heteroatoms. The van der Waals surface area contributed by atoms with Crippen molar-refractivity contribution in [3.8, 4) is 0 Å². The van der Waals surface area contributed by atoms with Crippen LogP contribution in [0.3, 0.4) is 0 Å². The van der Waals surface area contributed by atoms with E-state index in [1.807, 2.05) is 42.5 Å². The molecule has 0 aliphatic carbocycles. The maximum absolute atomic E-state index is 5.40. The third-order valence-corrected chi connectivity index (χ3v) is 2.13. The Morgan fingerprint density at radius 1 is 0.933 bits per heavy atom. The summed E-state index contributed by atoms with van der Waals surface area (Å²) >= 11 is 0. The number of hydrazone groups is 1. The van der Waals surface area contributed by atoms with Crippen LogP contribution in [0.5, 0.6) is 0 Å². The molecule has 0 saturated carbocycles. The number of hydrogen-bond acceptors (Lipinski definition) is 3. The van der Waals surface area contributed by atoms with E-state index in [0.29, 0.717) is 0 Å². The molecule has 2 rings (SSSR count). The summed E-state index contributed by atoms with van der Waals surface area (Å²) in [5.74, 6) is 5.40. The second-order valence-electron chi connectivity index (χ2n) is 3.08. The highest BCUT2D eigenvalue weighted by molar-refractivity contribution is 6.12. The van der Waals surface area contributed by atoms with E-state index >= 15 is 0 Å². The fourth-order valence-electron chi connectivity index (χ4n) is 1.42. The maximum atomic E-state index is 5.40. The molecule has 0 aliphatic heterocycles. The summed E-state index contributed by atoms with van der Waals surface area (Å²) < 4.78 is 0. The summed E-state index contributed by atoms with van der Waals surface area (Å²) in [5, 5.41) is 3.82. The van der Waals surface area contributed by atoms with Crippen LogP contribution in [0.1, 0.15) is 11.1 Å². The number of rotatable bonds is 2. The minimum Gasteiger partial charge on any atom is -0.323 e. The van der Waals surface area contributed by atoms with Gasteiger partial charge in [-0.05, 0) is 12.1 Å². The molecule has 2 N–H and O–H groups in total. The molecule has 1 aromatic carbocycles. The number of hydrogen-bond donors (Lipinski definition) is 1. The van der Waals surface area contributed by atoms with Gasteiger partial charge in [-0.3, -0.25) is 4.98 Å². The molecule has 0 spiro atoms. The lowest BCUT2D eigenvalue weighted by Gasteiger charge is -2.04. The van der Waals surface area contributed by atoms with Crippen LogP contribution >= 0.6 is 0 Å². The van der Waals surface area contributed by atoms with Crippen molar-refractivity contribution in [2.45, 2.75) is 0 Å². The summed E-state index contributed by atoms with van der Waals surface area (Å²) in [4.78, 5) is 3.96. The minimum atomic E-state index is 0.776. The Labute approximate surface area is 88.3 Å². The molecule has 0 unspecified atom stereocenters. The molecule has 0 radical (unpaired) electrons. The molecule has 1 aromatic heterocycles. The van der Waals surface area contributed by atoms with Gasteiger partial charge in [-0.1, -0.05) is 30.3 Å². The smallest absolute Gasteiger partial charge is 0.0972 e. The zero-order valence-electron chi connectivity index (χ0n) is 8.17. The van der Waals surface area contributed by atoms with E-state index < -0.39 is 0 Å². The average molecular weight is 197 g/mol. The molecular formula is C12H11N3. The zero-order chi connectivity index (χ0) is 10.5. The molecule has 0 saturated heterocycles. The van der Waals surface area contributed by atoms with Gasteiger partial charge in [-0.25, -0.2) is 0 Å². The second kappa shape index (κ2) is 4.37. The van der Waals surface area contributed by atoms with Crippen molar-refractivity contribution in [1.82, 2.24) is 4.98 Å². The first-order chi connectivity index (χ1) is 7.42. The molecule has 2 aromatic rings. The van der Waals surface area contributed by atoms with Crippen molar-refractivity contribution in [1.29, 1.82) is 0 Å². The molecule has 0 aliphatic rings. The fourth-order valence-corrected chi connectivity index (χ4v) is 1.42. The van der Waals surface area contributed by atoms with Gasteiger partial charge in [0.2, 0.25) is 0 Å². The van der Waals surface area contributed by atoms with Gasteiger partial charge in [0.15, 0.2) is 0 Å². The van der Waals surface area contributed by atoms with E-state index in [2.05, 4.69) is 10.1 Å². The maximum Gasteiger partial charge on any atom is 0.0972 e. The Hall–Kier alpha value is -2.16. The summed E-state index contributed by atoms with van der Waals surface area (Å²) in [7, 11) is 0. The Morgan fingerprint density at radius 2 is 1.53 bits per heavy atom. The van der Waals surface area contributed by atoms with Crippen LogP contribution in [0.4, 0.5) is 0 Å². The molecule has 0 amide bonds. The summed E-state index contributed by atoms with van der Waals surface area (Å²) in [6.07, 6.45) is 3.45. The minimum absolute atomic E-state index is 0.776. The molecule has 1 heterocycles. The van der Waals surface area contributed by atoms with Gasteiger partial charge < -0.3 is 5.84 Å². The molecule has 74 valence electrons. The average Bonchev–Trinajstić information content (AvgIpc) is 2.33. The second-order valence-corrected chi connectivity index (χ2v) is 3.08. The largest absolute Gasteiger partial charge is 0.323 e. The third kappa shape index (κ3) is 2.02. The molecule has 0 bridgehead atoms. The lowest BCUT2D eigenvalue weighted by Crippen LogP contribution is -2.06. The number of aromatic nitrogens is 1. The van der Waals surface area contributed by atoms with Crippen LogP contribution in [-0.4, -0.2) is 10.7 Å². The van der Waals surface area contributed by atoms with E-state index in [0.717, 1.165) is 16.8 Å². The van der Waals surface area contributed by atoms with E-state index in [4.69, 9.17) is 5.84 Å². The Morgan fingerprint density at radius 3 is 2.13 bits per heavy atom. The number of benzene rings is 1. The van der Waals surface area contributed by atoms with E-state index in [-0.39, 0.29) is 0 Å². The lowest BCUT2D eigenvalue weighted by molar-refractivity contribution is 1.23. The van der Waals surface area contributed by atoms with Gasteiger partial charge in [0.1, 0.15) is 0 Å². The van der Waals surface area contributed by atoms with Crippen LogP contribution in [-0.2, 0) is 0 Å². The van der Waals surface area contributed by atoms with E-state index in [1.165, 1.54) is 0 Å². The van der Waals surface area contributed by atoms with Crippen molar-refractivity contribution in [2.24, 2.45) is 10.9 Å². The van der Waals surface area contributed by atoms with Crippen LogP contribution in [0.2, 0.25) is 0 Å². The summed E-state index contributed by atoms with van der Waals surface area (Å²) in [6.45, 7) is 0. The zero-order valence-corrected chi connectivity index (χ0v) is 8.17. The van der Waals surface area contributed by atoms with E-state index in [1.54, 1.807) is 12.4 Å². The summed E-state index contributed by atoms with van der Waals surface area (Å²) in [6, 6.07) is 13.6. The predicted octanol–water partition coefficient (Wildman–Crippen LogP) is 1.79. The van der Waals surface area contributed by atoms with E-state index in [9.17, 15) is 0 Å². The predicted molar refractivity (Wildman–Crippen MR) is 60.5 cm³/mol. The Kier molecular flexibility index (Phi) is 2.74. The first-order valence-electron chi connectivity index (χ1n) is 4.65. The van der Waals surface area contributed by atoms with Crippen LogP contribution in [0.15, 0.2) is 60.0 Å². The number of nitrogens with zero attached hydrogens (tertiary/aromatic N) is 2. The van der Waals surface area contributed by atoms with Crippen LogP contribution < -0.4 is 5.84 Å². The first kappa shape index (κ1) is 9.40. The Balaban J connectivity index is 2.44. The van der Waals surface area contributed by atoms with Crippen molar-refractivity contribution in [2.75, 3.05) is 0 Å². The topological polar surface area (TPSA) is 51.3 Å². The van der Waals surface area contributed by atoms with Gasteiger partial charge in [0.05, 0.1) is 5.71 Å². The highest BCUT2D eigenvalue weighted by atomic mass is 15.1. The van der Waals surface area contributed by atoms with Crippen LogP contribution in [0.25, 0.3) is 0 Å². The number of pyridine rings is 1. The third-order valence-electron chi connectivity index (χ3n) is 2.13. The fraction of sp³-hybridized carbons (Fsp3) is 0. The highest BCUT2D eigenvalue weighted by Gasteiger charge is 2.04. The van der Waals surface area contributed by atoms with Gasteiger partial charge in [-0.2, -0.15) is 5.10 Å².